The molecule has 0 spiro atoms. The van der Waals surface area contributed by atoms with Gasteiger partial charge >= 0.3 is 5.97 Å². The number of anilines is 1. The Morgan fingerprint density at radius 2 is 2.12 bits per heavy atom. The summed E-state index contributed by atoms with van der Waals surface area (Å²) < 4.78 is 1.06. The molecule has 3 nitrogen and oxygen atoms in total. The van der Waals surface area contributed by atoms with Gasteiger partial charge in [-0.25, -0.2) is 4.79 Å². The molecule has 4 heteroatoms. The van der Waals surface area contributed by atoms with Crippen molar-refractivity contribution in [3.63, 3.8) is 0 Å². The number of allylic oxidation sites excluding steroid dienone is 2. The van der Waals surface area contributed by atoms with Crippen LogP contribution < -0.4 is 5.32 Å². The van der Waals surface area contributed by atoms with Gasteiger partial charge in [-0.1, -0.05) is 46.3 Å². The van der Waals surface area contributed by atoms with Crippen molar-refractivity contribution < 1.29 is 9.90 Å². The molecule has 24 heavy (non-hydrogen) atoms. The van der Waals surface area contributed by atoms with Crippen LogP contribution in [0.4, 0.5) is 5.69 Å². The smallest absolute Gasteiger partial charge is 0.336 e. The highest BCUT2D eigenvalue weighted by Gasteiger charge is 2.38. The normalized spacial score (nSPS) is 24.2. The first-order valence-electron chi connectivity index (χ1n) is 8.11. The molecule has 2 aliphatic rings. The maximum Gasteiger partial charge on any atom is 0.336 e. The lowest BCUT2D eigenvalue weighted by molar-refractivity contribution is 0.0696. The second-order valence-electron chi connectivity index (χ2n) is 6.54. The van der Waals surface area contributed by atoms with Crippen molar-refractivity contribution in [2.45, 2.75) is 25.3 Å². The lowest BCUT2D eigenvalue weighted by Crippen LogP contribution is -2.30. The van der Waals surface area contributed by atoms with Crippen molar-refractivity contribution in [3.05, 3.63) is 75.3 Å². The Balaban J connectivity index is 1.85. The van der Waals surface area contributed by atoms with Gasteiger partial charge < -0.3 is 10.4 Å². The van der Waals surface area contributed by atoms with E-state index in [0.29, 0.717) is 17.4 Å². The highest BCUT2D eigenvalue weighted by molar-refractivity contribution is 9.10. The Kier molecular flexibility index (Phi) is 3.72. The number of hydrogen-bond acceptors (Lipinski definition) is 2. The minimum Gasteiger partial charge on any atom is -0.478 e. The Hall–Kier alpha value is -2.07. The molecule has 0 saturated heterocycles. The number of hydrogen-bond donors (Lipinski definition) is 2. The van der Waals surface area contributed by atoms with Crippen LogP contribution >= 0.6 is 15.9 Å². The fourth-order valence-electron chi connectivity index (χ4n) is 4.08. The van der Waals surface area contributed by atoms with E-state index in [1.54, 1.807) is 6.07 Å². The molecule has 1 aliphatic carbocycles. The quantitative estimate of drug-likeness (QED) is 0.693. The number of rotatable bonds is 2. The third-order valence-electron chi connectivity index (χ3n) is 5.24. The Morgan fingerprint density at radius 3 is 2.88 bits per heavy atom. The van der Waals surface area contributed by atoms with Crippen LogP contribution in [-0.4, -0.2) is 11.1 Å². The Bertz CT molecular complexity index is 859. The molecule has 0 amide bonds. The van der Waals surface area contributed by atoms with Crippen LogP contribution in [0.2, 0.25) is 0 Å². The summed E-state index contributed by atoms with van der Waals surface area (Å²) in [5.74, 6) is -0.0751. The predicted molar refractivity (Wildman–Crippen MR) is 98.6 cm³/mol. The molecule has 3 atom stereocenters. The highest BCUT2D eigenvalue weighted by atomic mass is 79.9. The van der Waals surface area contributed by atoms with E-state index in [9.17, 15) is 9.90 Å². The topological polar surface area (TPSA) is 49.3 Å². The number of carboxylic acids is 1. The van der Waals surface area contributed by atoms with E-state index < -0.39 is 5.97 Å². The van der Waals surface area contributed by atoms with Crippen LogP contribution in [0.1, 0.15) is 45.4 Å². The highest BCUT2D eigenvalue weighted by Crippen LogP contribution is 2.51. The van der Waals surface area contributed by atoms with Gasteiger partial charge in [0, 0.05) is 16.1 Å². The van der Waals surface area contributed by atoms with Crippen molar-refractivity contribution in [2.24, 2.45) is 5.92 Å². The fraction of sp³-hybridized carbons (Fsp3) is 0.250. The minimum atomic E-state index is -0.875. The number of benzene rings is 2. The molecule has 1 aliphatic heterocycles. The molecular formula is C20H18BrNO2. The SMILES string of the molecule is Cc1c(C(=O)O)ccc2c1N[C@H](c1cccc(Br)c1)[C@@H]1CC=C[C@@H]21. The van der Waals surface area contributed by atoms with E-state index >= 15 is 0 Å². The van der Waals surface area contributed by atoms with Crippen LogP contribution in [0.3, 0.4) is 0 Å². The monoisotopic (exact) mass is 383 g/mol. The number of carboxylic acid groups (broad SMARTS) is 1. The summed E-state index contributed by atoms with van der Waals surface area (Å²) in [5.41, 5.74) is 4.61. The molecule has 1 heterocycles. The van der Waals surface area contributed by atoms with E-state index in [2.05, 4.69) is 51.6 Å². The molecule has 0 radical (unpaired) electrons. The average molecular weight is 384 g/mol. The van der Waals surface area contributed by atoms with Crippen molar-refractivity contribution >= 4 is 27.6 Å². The average Bonchev–Trinajstić information content (AvgIpc) is 3.04. The first kappa shape index (κ1) is 15.5. The molecule has 0 fully saturated rings. The summed E-state index contributed by atoms with van der Waals surface area (Å²) >= 11 is 3.56. The van der Waals surface area contributed by atoms with Gasteiger partial charge in [0.1, 0.15) is 0 Å². The summed E-state index contributed by atoms with van der Waals surface area (Å²) in [7, 11) is 0. The zero-order chi connectivity index (χ0) is 16.8. The summed E-state index contributed by atoms with van der Waals surface area (Å²) in [5, 5.41) is 13.1. The standard InChI is InChI=1S/C20H18BrNO2/c1-11-14(20(23)24)8-9-17-15-6-3-7-16(15)19(22-18(11)17)12-4-2-5-13(21)10-12/h2-6,8-10,15-16,19,22H,7H2,1H3,(H,23,24)/t15-,16-,19-/m1/s1. The fourth-order valence-corrected chi connectivity index (χ4v) is 4.49. The van der Waals surface area contributed by atoms with Gasteiger partial charge in [0.15, 0.2) is 0 Å². The van der Waals surface area contributed by atoms with E-state index in [4.69, 9.17) is 0 Å². The van der Waals surface area contributed by atoms with Gasteiger partial charge in [-0.3, -0.25) is 0 Å². The molecule has 4 rings (SSSR count). The van der Waals surface area contributed by atoms with Gasteiger partial charge in [-0.15, -0.1) is 0 Å². The number of carbonyl (C=O) groups is 1. The molecule has 0 bridgehead atoms. The summed E-state index contributed by atoms with van der Waals surface area (Å²) in [6.45, 7) is 1.90. The first-order chi connectivity index (χ1) is 11.6. The van der Waals surface area contributed by atoms with Gasteiger partial charge in [0.2, 0.25) is 0 Å². The number of aromatic carboxylic acids is 1. The summed E-state index contributed by atoms with van der Waals surface area (Å²) in [4.78, 5) is 11.5. The van der Waals surface area contributed by atoms with Crippen molar-refractivity contribution in [2.75, 3.05) is 5.32 Å². The molecule has 122 valence electrons. The van der Waals surface area contributed by atoms with Crippen LogP contribution in [-0.2, 0) is 0 Å². The molecular weight excluding hydrogens is 366 g/mol. The van der Waals surface area contributed by atoms with E-state index in [0.717, 1.165) is 22.1 Å². The van der Waals surface area contributed by atoms with Crippen LogP contribution in [0.15, 0.2) is 53.0 Å². The molecule has 2 N–H and O–H groups in total. The van der Waals surface area contributed by atoms with Crippen molar-refractivity contribution in [3.8, 4) is 0 Å². The molecule has 0 aromatic heterocycles. The predicted octanol–water partition coefficient (Wildman–Crippen LogP) is 5.28. The second kappa shape index (κ2) is 5.78. The second-order valence-corrected chi connectivity index (χ2v) is 7.45. The maximum atomic E-state index is 11.5. The molecule has 2 aromatic rings. The van der Waals surface area contributed by atoms with E-state index in [1.165, 1.54) is 11.1 Å². The minimum absolute atomic E-state index is 0.178. The lowest BCUT2D eigenvalue weighted by atomic mass is 9.76. The van der Waals surface area contributed by atoms with Gasteiger partial charge in [0.25, 0.3) is 0 Å². The summed E-state index contributed by atoms with van der Waals surface area (Å²) in [6, 6.07) is 12.3. The molecule has 0 saturated carbocycles. The van der Waals surface area contributed by atoms with Crippen LogP contribution in [0, 0.1) is 12.8 Å². The Labute approximate surface area is 149 Å². The third-order valence-corrected chi connectivity index (χ3v) is 5.73. The largest absolute Gasteiger partial charge is 0.478 e. The van der Waals surface area contributed by atoms with Gasteiger partial charge in [-0.2, -0.15) is 0 Å². The van der Waals surface area contributed by atoms with Crippen LogP contribution in [0.5, 0.6) is 0 Å². The van der Waals surface area contributed by atoms with E-state index in [-0.39, 0.29) is 6.04 Å². The zero-order valence-corrected chi connectivity index (χ0v) is 14.9. The number of nitrogens with one attached hydrogen (secondary N) is 1. The van der Waals surface area contributed by atoms with Crippen LogP contribution in [0.25, 0.3) is 0 Å². The number of halogens is 1. The first-order valence-corrected chi connectivity index (χ1v) is 8.91. The third kappa shape index (κ3) is 2.37. The van der Waals surface area contributed by atoms with Gasteiger partial charge in [-0.05, 0) is 54.2 Å². The lowest BCUT2D eigenvalue weighted by Gasteiger charge is -2.38. The Morgan fingerprint density at radius 1 is 1.29 bits per heavy atom. The molecule has 2 aromatic carbocycles. The zero-order valence-electron chi connectivity index (χ0n) is 13.3. The van der Waals surface area contributed by atoms with Gasteiger partial charge in [0.05, 0.1) is 11.6 Å². The number of fused-ring (bicyclic) bond motifs is 3. The molecule has 0 unspecified atom stereocenters. The van der Waals surface area contributed by atoms with Crippen molar-refractivity contribution in [1.29, 1.82) is 0 Å². The maximum absolute atomic E-state index is 11.5. The van der Waals surface area contributed by atoms with E-state index in [1.807, 2.05) is 19.1 Å². The summed E-state index contributed by atoms with van der Waals surface area (Å²) in [6.07, 6.45) is 5.56. The van der Waals surface area contributed by atoms with Crippen molar-refractivity contribution in [1.82, 2.24) is 0 Å².